The van der Waals surface area contributed by atoms with Gasteiger partial charge in [0.2, 0.25) is 0 Å². The molecule has 15 heavy (non-hydrogen) atoms. The Bertz CT molecular complexity index is 306. The lowest BCUT2D eigenvalue weighted by molar-refractivity contribution is -0.137. The fourth-order valence-electron chi connectivity index (χ4n) is 1.34. The van der Waals surface area contributed by atoms with Crippen LogP contribution in [0.2, 0.25) is 0 Å². The molecule has 1 heterocycles. The molecule has 1 atom stereocenters. The summed E-state index contributed by atoms with van der Waals surface area (Å²) in [7, 11) is 1.81. The van der Waals surface area contributed by atoms with Crippen LogP contribution in [-0.2, 0) is 12.7 Å². The average molecular weight is 221 g/mol. The van der Waals surface area contributed by atoms with Crippen LogP contribution in [0.3, 0.4) is 0 Å². The van der Waals surface area contributed by atoms with E-state index in [-0.39, 0.29) is 5.92 Å². The number of nitrogens with one attached hydrogen (secondary N) is 1. The summed E-state index contributed by atoms with van der Waals surface area (Å²) in [6, 6.07) is 0. The quantitative estimate of drug-likeness (QED) is 0.839. The summed E-state index contributed by atoms with van der Waals surface area (Å²) in [5.74, 6) is 0.246. The maximum Gasteiger partial charge on any atom is 0.419 e. The van der Waals surface area contributed by atoms with Gasteiger partial charge in [0.05, 0.1) is 11.8 Å². The van der Waals surface area contributed by atoms with Crippen molar-refractivity contribution < 1.29 is 13.2 Å². The molecular weight excluding hydrogens is 207 g/mol. The van der Waals surface area contributed by atoms with Crippen molar-refractivity contribution in [3.63, 3.8) is 0 Å². The molecule has 0 aliphatic rings. The molecule has 1 N–H and O–H groups in total. The van der Waals surface area contributed by atoms with E-state index in [4.69, 9.17) is 0 Å². The van der Waals surface area contributed by atoms with E-state index in [0.29, 0.717) is 6.54 Å². The van der Waals surface area contributed by atoms with E-state index in [9.17, 15) is 13.2 Å². The zero-order chi connectivity index (χ0) is 11.5. The molecule has 1 aromatic rings. The fraction of sp³-hybridized carbons (Fsp3) is 0.667. The lowest BCUT2D eigenvalue weighted by atomic mass is 10.2. The van der Waals surface area contributed by atoms with Gasteiger partial charge in [-0.2, -0.15) is 18.3 Å². The van der Waals surface area contributed by atoms with E-state index in [1.165, 1.54) is 4.68 Å². The summed E-state index contributed by atoms with van der Waals surface area (Å²) in [6.07, 6.45) is -2.41. The standard InChI is InChI=1S/C9H14F3N3/c1-7(3-13-2)5-15-6-8(4-14-15)9(10,11)12/h4,6-7,13H,3,5H2,1-2H3. The number of nitrogens with zero attached hydrogens (tertiary/aromatic N) is 2. The molecule has 0 spiro atoms. The number of halogens is 3. The van der Waals surface area contributed by atoms with Crippen LogP contribution in [0.4, 0.5) is 13.2 Å². The van der Waals surface area contributed by atoms with Crippen LogP contribution < -0.4 is 5.32 Å². The first-order valence-corrected chi connectivity index (χ1v) is 4.67. The minimum absolute atomic E-state index is 0.246. The number of alkyl halides is 3. The molecule has 0 fully saturated rings. The highest BCUT2D eigenvalue weighted by Crippen LogP contribution is 2.28. The smallest absolute Gasteiger partial charge is 0.319 e. The third kappa shape index (κ3) is 3.54. The topological polar surface area (TPSA) is 29.9 Å². The van der Waals surface area contributed by atoms with Crippen LogP contribution in [0.25, 0.3) is 0 Å². The first-order chi connectivity index (χ1) is 6.93. The van der Waals surface area contributed by atoms with Crippen LogP contribution in [0.15, 0.2) is 12.4 Å². The molecule has 0 amide bonds. The Hall–Kier alpha value is -1.04. The lowest BCUT2D eigenvalue weighted by Crippen LogP contribution is -2.20. The molecule has 1 aromatic heterocycles. The Labute approximate surface area is 86.3 Å². The molecule has 3 nitrogen and oxygen atoms in total. The normalized spacial score (nSPS) is 14.2. The van der Waals surface area contributed by atoms with E-state index in [2.05, 4.69) is 10.4 Å². The van der Waals surface area contributed by atoms with Gasteiger partial charge in [-0.15, -0.1) is 0 Å². The molecule has 1 rings (SSSR count). The number of rotatable bonds is 4. The Morgan fingerprint density at radius 3 is 2.67 bits per heavy atom. The second-order valence-corrected chi connectivity index (χ2v) is 3.61. The van der Waals surface area contributed by atoms with E-state index in [1.54, 1.807) is 7.05 Å². The van der Waals surface area contributed by atoms with Crippen LogP contribution in [0.5, 0.6) is 0 Å². The van der Waals surface area contributed by atoms with E-state index in [0.717, 1.165) is 18.9 Å². The summed E-state index contributed by atoms with van der Waals surface area (Å²) < 4.78 is 38.0. The fourth-order valence-corrected chi connectivity index (χ4v) is 1.34. The van der Waals surface area contributed by atoms with Crippen LogP contribution in [0, 0.1) is 5.92 Å². The van der Waals surface area contributed by atoms with Gasteiger partial charge in [0.15, 0.2) is 0 Å². The van der Waals surface area contributed by atoms with Gasteiger partial charge in [-0.25, -0.2) is 0 Å². The van der Waals surface area contributed by atoms with Gasteiger partial charge in [-0.05, 0) is 19.5 Å². The highest BCUT2D eigenvalue weighted by atomic mass is 19.4. The van der Waals surface area contributed by atoms with E-state index >= 15 is 0 Å². The molecule has 0 bridgehead atoms. The molecule has 0 aliphatic heterocycles. The maximum atomic E-state index is 12.2. The molecular formula is C9H14F3N3. The van der Waals surface area contributed by atoms with Gasteiger partial charge in [-0.3, -0.25) is 4.68 Å². The largest absolute Gasteiger partial charge is 0.419 e. The van der Waals surface area contributed by atoms with Crippen LogP contribution in [0.1, 0.15) is 12.5 Å². The first kappa shape index (κ1) is 12.0. The van der Waals surface area contributed by atoms with Crippen LogP contribution in [-0.4, -0.2) is 23.4 Å². The van der Waals surface area contributed by atoms with Gasteiger partial charge in [0.25, 0.3) is 0 Å². The Balaban J connectivity index is 2.61. The Morgan fingerprint density at radius 1 is 1.53 bits per heavy atom. The van der Waals surface area contributed by atoms with E-state index < -0.39 is 11.7 Å². The molecule has 0 saturated carbocycles. The third-order valence-electron chi connectivity index (χ3n) is 2.01. The average Bonchev–Trinajstić information content (AvgIpc) is 2.52. The SMILES string of the molecule is CNCC(C)Cn1cc(C(F)(F)F)cn1. The third-order valence-corrected chi connectivity index (χ3v) is 2.01. The Morgan fingerprint density at radius 2 is 2.20 bits per heavy atom. The summed E-state index contributed by atoms with van der Waals surface area (Å²) in [5.41, 5.74) is -0.695. The zero-order valence-electron chi connectivity index (χ0n) is 8.67. The first-order valence-electron chi connectivity index (χ1n) is 4.67. The summed E-state index contributed by atoms with van der Waals surface area (Å²) in [5, 5.41) is 6.64. The summed E-state index contributed by atoms with van der Waals surface area (Å²) in [6.45, 7) is 3.18. The van der Waals surface area contributed by atoms with Crippen molar-refractivity contribution in [3.05, 3.63) is 18.0 Å². The summed E-state index contributed by atoms with van der Waals surface area (Å²) in [4.78, 5) is 0. The van der Waals surface area contributed by atoms with Crippen molar-refractivity contribution in [1.82, 2.24) is 15.1 Å². The second kappa shape index (κ2) is 4.65. The lowest BCUT2D eigenvalue weighted by Gasteiger charge is -2.10. The van der Waals surface area contributed by atoms with Gasteiger partial charge in [0, 0.05) is 12.7 Å². The van der Waals surface area contributed by atoms with Crippen molar-refractivity contribution >= 4 is 0 Å². The molecule has 6 heteroatoms. The number of hydrogen-bond donors (Lipinski definition) is 1. The Kier molecular flexibility index (Phi) is 3.73. The van der Waals surface area contributed by atoms with Crippen molar-refractivity contribution in [2.24, 2.45) is 5.92 Å². The van der Waals surface area contributed by atoms with Gasteiger partial charge in [0.1, 0.15) is 0 Å². The highest BCUT2D eigenvalue weighted by Gasteiger charge is 2.32. The molecule has 86 valence electrons. The number of aromatic nitrogens is 2. The molecule has 1 unspecified atom stereocenters. The molecule has 0 aromatic carbocycles. The molecule has 0 radical (unpaired) electrons. The molecule has 0 aliphatic carbocycles. The predicted molar refractivity (Wildman–Crippen MR) is 50.3 cm³/mol. The minimum atomic E-state index is -4.30. The zero-order valence-corrected chi connectivity index (χ0v) is 8.67. The second-order valence-electron chi connectivity index (χ2n) is 3.61. The minimum Gasteiger partial charge on any atom is -0.319 e. The monoisotopic (exact) mass is 221 g/mol. The van der Waals surface area contributed by atoms with Gasteiger partial charge >= 0.3 is 6.18 Å². The van der Waals surface area contributed by atoms with Crippen molar-refractivity contribution in [2.45, 2.75) is 19.6 Å². The maximum absolute atomic E-state index is 12.2. The highest BCUT2D eigenvalue weighted by molar-refractivity contribution is 5.08. The van der Waals surface area contributed by atoms with Crippen molar-refractivity contribution in [2.75, 3.05) is 13.6 Å². The predicted octanol–water partition coefficient (Wildman–Crippen LogP) is 1.76. The van der Waals surface area contributed by atoms with Crippen molar-refractivity contribution in [3.8, 4) is 0 Å². The van der Waals surface area contributed by atoms with Crippen LogP contribution >= 0.6 is 0 Å². The van der Waals surface area contributed by atoms with E-state index in [1.807, 2.05) is 6.92 Å². The van der Waals surface area contributed by atoms with Crippen molar-refractivity contribution in [1.29, 1.82) is 0 Å². The summed E-state index contributed by atoms with van der Waals surface area (Å²) >= 11 is 0. The number of hydrogen-bond acceptors (Lipinski definition) is 2. The molecule has 0 saturated heterocycles. The van der Waals surface area contributed by atoms with Gasteiger partial charge < -0.3 is 5.32 Å². The van der Waals surface area contributed by atoms with Gasteiger partial charge in [-0.1, -0.05) is 6.92 Å².